The number of Topliss-reactive ketones (excluding diaryl/α,β-unsaturated/α-hetero) is 1. The van der Waals surface area contributed by atoms with Crippen LogP contribution in [0.3, 0.4) is 0 Å². The lowest BCUT2D eigenvalue weighted by molar-refractivity contribution is -0.114. The van der Waals surface area contributed by atoms with Crippen LogP contribution >= 0.6 is 11.6 Å². The number of piperazine rings is 1. The quantitative estimate of drug-likeness (QED) is 0.755. The number of benzene rings is 2. The number of halogens is 3. The fourth-order valence-corrected chi connectivity index (χ4v) is 3.76. The van der Waals surface area contributed by atoms with Crippen LogP contribution in [0.1, 0.15) is 10.4 Å². The molecular formula is C19H16ClF2N3O2. The van der Waals surface area contributed by atoms with E-state index in [-0.39, 0.29) is 28.8 Å². The molecule has 0 radical (unpaired) electrons. The number of nitrogens with zero attached hydrogens (tertiary/aromatic N) is 3. The fourth-order valence-electron chi connectivity index (χ4n) is 3.53. The lowest BCUT2D eigenvalue weighted by Crippen LogP contribution is -2.51. The number of fused-ring (bicyclic) bond motifs is 1. The van der Waals surface area contributed by atoms with Gasteiger partial charge in [-0.25, -0.2) is 8.78 Å². The number of amides is 1. The third-order valence-corrected chi connectivity index (χ3v) is 5.24. The lowest BCUT2D eigenvalue weighted by Gasteiger charge is -2.37. The highest BCUT2D eigenvalue weighted by Crippen LogP contribution is 2.36. The Labute approximate surface area is 159 Å². The average Bonchev–Trinajstić information content (AvgIpc) is 2.92. The molecule has 140 valence electrons. The van der Waals surface area contributed by atoms with E-state index in [0.29, 0.717) is 31.9 Å². The van der Waals surface area contributed by atoms with Gasteiger partial charge in [-0.2, -0.15) is 0 Å². The summed E-state index contributed by atoms with van der Waals surface area (Å²) >= 11 is 5.99. The van der Waals surface area contributed by atoms with Crippen molar-refractivity contribution in [2.45, 2.75) is 0 Å². The Morgan fingerprint density at radius 1 is 0.926 bits per heavy atom. The second-order valence-electron chi connectivity index (χ2n) is 6.51. The molecule has 1 fully saturated rings. The Bertz CT molecular complexity index is 929. The topological polar surface area (TPSA) is 43.9 Å². The summed E-state index contributed by atoms with van der Waals surface area (Å²) in [6.45, 7) is 2.29. The van der Waals surface area contributed by atoms with Crippen LogP contribution in [0.25, 0.3) is 0 Å². The van der Waals surface area contributed by atoms with Crippen LogP contribution < -0.4 is 9.80 Å². The fraction of sp³-hybridized carbons (Fsp3) is 0.263. The average molecular weight is 392 g/mol. The molecule has 2 aliphatic rings. The van der Waals surface area contributed by atoms with Crippen molar-refractivity contribution >= 4 is 34.7 Å². The highest BCUT2D eigenvalue weighted by molar-refractivity contribution is 6.55. The van der Waals surface area contributed by atoms with Crippen molar-refractivity contribution in [1.29, 1.82) is 0 Å². The molecule has 5 nitrogen and oxygen atoms in total. The van der Waals surface area contributed by atoms with E-state index >= 15 is 0 Å². The molecule has 0 spiro atoms. The van der Waals surface area contributed by atoms with Gasteiger partial charge in [0.05, 0.1) is 28.6 Å². The minimum atomic E-state index is -0.792. The predicted octanol–water partition coefficient (Wildman–Crippen LogP) is 2.93. The molecule has 2 aromatic rings. The third kappa shape index (κ3) is 3.07. The minimum Gasteiger partial charge on any atom is -0.367 e. The van der Waals surface area contributed by atoms with Gasteiger partial charge in [-0.15, -0.1) is 0 Å². The van der Waals surface area contributed by atoms with E-state index in [1.54, 1.807) is 18.2 Å². The van der Waals surface area contributed by atoms with Crippen LogP contribution in [0.5, 0.6) is 0 Å². The van der Waals surface area contributed by atoms with Crippen molar-refractivity contribution in [3.8, 4) is 0 Å². The predicted molar refractivity (Wildman–Crippen MR) is 98.3 cm³/mol. The van der Waals surface area contributed by atoms with E-state index in [9.17, 15) is 18.4 Å². The van der Waals surface area contributed by atoms with Crippen LogP contribution in [0.2, 0.25) is 5.02 Å². The first-order valence-electron chi connectivity index (χ1n) is 8.53. The molecule has 2 aliphatic heterocycles. The summed E-state index contributed by atoms with van der Waals surface area (Å²) in [6.07, 6.45) is 0. The van der Waals surface area contributed by atoms with Crippen LogP contribution in [-0.4, -0.2) is 49.4 Å². The number of carbonyl (C=O) groups is 2. The number of carbonyl (C=O) groups excluding carboxylic acids is 2. The van der Waals surface area contributed by atoms with E-state index in [4.69, 9.17) is 11.6 Å². The highest BCUT2D eigenvalue weighted by atomic mass is 35.5. The van der Waals surface area contributed by atoms with Gasteiger partial charge < -0.3 is 4.90 Å². The van der Waals surface area contributed by atoms with Gasteiger partial charge in [0.2, 0.25) is 0 Å². The number of rotatable bonds is 3. The maximum Gasteiger partial charge on any atom is 0.300 e. The summed E-state index contributed by atoms with van der Waals surface area (Å²) in [5.74, 6) is -2.51. The summed E-state index contributed by atoms with van der Waals surface area (Å²) < 4.78 is 28.2. The lowest BCUT2D eigenvalue weighted by atomic mass is 10.1. The van der Waals surface area contributed by atoms with Crippen molar-refractivity contribution in [2.24, 2.45) is 0 Å². The molecular weight excluding hydrogens is 376 g/mol. The molecule has 27 heavy (non-hydrogen) atoms. The first kappa shape index (κ1) is 17.9. The first-order chi connectivity index (χ1) is 13.0. The molecule has 0 atom stereocenters. The maximum atomic E-state index is 14.3. The molecule has 0 aromatic heterocycles. The van der Waals surface area contributed by atoms with Crippen molar-refractivity contribution < 1.29 is 18.4 Å². The third-order valence-electron chi connectivity index (χ3n) is 4.92. The molecule has 1 amide bonds. The zero-order valence-electron chi connectivity index (χ0n) is 14.3. The number of ketones is 1. The monoisotopic (exact) mass is 391 g/mol. The number of anilines is 2. The van der Waals surface area contributed by atoms with Gasteiger partial charge in [0, 0.05) is 26.2 Å². The van der Waals surface area contributed by atoms with Gasteiger partial charge in [0.15, 0.2) is 0 Å². The summed E-state index contributed by atoms with van der Waals surface area (Å²) in [7, 11) is 0. The SMILES string of the molecule is O=C1C(=O)N(CN2CCN(c3ccccc3F)CC2)c2c(F)ccc(Cl)c21. The highest BCUT2D eigenvalue weighted by Gasteiger charge is 2.40. The molecule has 1 saturated heterocycles. The number of para-hydroxylation sites is 1. The van der Waals surface area contributed by atoms with E-state index in [2.05, 4.69) is 0 Å². The van der Waals surface area contributed by atoms with E-state index in [1.165, 1.54) is 12.1 Å². The Balaban J connectivity index is 1.49. The number of hydrogen-bond donors (Lipinski definition) is 0. The zero-order valence-corrected chi connectivity index (χ0v) is 15.0. The standard InChI is InChI=1S/C19H16ClF2N3O2/c20-12-5-6-14(22)17-16(12)18(26)19(27)25(17)11-23-7-9-24(10-8-23)15-4-2-1-3-13(15)21/h1-6H,7-11H2. The van der Waals surface area contributed by atoms with Crippen LogP contribution in [0.4, 0.5) is 20.2 Å². The van der Waals surface area contributed by atoms with Gasteiger partial charge in [-0.05, 0) is 24.3 Å². The molecule has 0 unspecified atom stereocenters. The molecule has 0 aliphatic carbocycles. The Morgan fingerprint density at radius 3 is 2.33 bits per heavy atom. The normalized spacial score (nSPS) is 17.6. The maximum absolute atomic E-state index is 14.3. The second kappa shape index (κ2) is 6.90. The van der Waals surface area contributed by atoms with Crippen molar-refractivity contribution in [1.82, 2.24) is 4.90 Å². The van der Waals surface area contributed by atoms with Crippen molar-refractivity contribution in [3.63, 3.8) is 0 Å². The molecule has 0 bridgehead atoms. The van der Waals surface area contributed by atoms with Crippen LogP contribution in [-0.2, 0) is 4.79 Å². The van der Waals surface area contributed by atoms with Crippen LogP contribution in [0, 0.1) is 11.6 Å². The van der Waals surface area contributed by atoms with E-state index < -0.39 is 17.5 Å². The smallest absolute Gasteiger partial charge is 0.300 e. The van der Waals surface area contributed by atoms with E-state index in [1.807, 2.05) is 9.80 Å². The summed E-state index contributed by atoms with van der Waals surface area (Å²) in [6, 6.07) is 8.99. The first-order valence-corrected chi connectivity index (χ1v) is 8.91. The van der Waals surface area contributed by atoms with E-state index in [0.717, 1.165) is 11.0 Å². The molecule has 4 rings (SSSR count). The van der Waals surface area contributed by atoms with Gasteiger partial charge in [0.1, 0.15) is 11.6 Å². The van der Waals surface area contributed by atoms with Crippen LogP contribution in [0.15, 0.2) is 36.4 Å². The van der Waals surface area contributed by atoms with Crippen molar-refractivity contribution in [2.75, 3.05) is 42.6 Å². The van der Waals surface area contributed by atoms with Gasteiger partial charge in [-0.3, -0.25) is 19.4 Å². The largest absolute Gasteiger partial charge is 0.367 e. The summed E-state index contributed by atoms with van der Waals surface area (Å²) in [5, 5.41) is 0.0663. The Hall–Kier alpha value is -2.51. The zero-order chi connectivity index (χ0) is 19.1. The van der Waals surface area contributed by atoms with Gasteiger partial charge >= 0.3 is 5.91 Å². The molecule has 0 saturated carbocycles. The summed E-state index contributed by atoms with van der Waals surface area (Å²) in [4.78, 5) is 29.5. The summed E-state index contributed by atoms with van der Waals surface area (Å²) in [5.41, 5.74) is 0.397. The molecule has 2 heterocycles. The second-order valence-corrected chi connectivity index (χ2v) is 6.92. The minimum absolute atomic E-state index is 0.0611. The van der Waals surface area contributed by atoms with Gasteiger partial charge in [-0.1, -0.05) is 23.7 Å². The van der Waals surface area contributed by atoms with Gasteiger partial charge in [0.25, 0.3) is 5.78 Å². The Morgan fingerprint density at radius 2 is 1.63 bits per heavy atom. The number of hydrogen-bond acceptors (Lipinski definition) is 4. The molecule has 2 aromatic carbocycles. The molecule has 8 heteroatoms. The molecule has 0 N–H and O–H groups in total. The Kier molecular flexibility index (Phi) is 4.57. The van der Waals surface area contributed by atoms with Crippen molar-refractivity contribution in [3.05, 3.63) is 58.6 Å².